The fourth-order valence-corrected chi connectivity index (χ4v) is 4.41. The minimum Gasteiger partial charge on any atom is -0.496 e. The second-order valence-electron chi connectivity index (χ2n) is 7.48. The molecule has 1 amide bonds. The number of nitrogens with zero attached hydrogens (tertiary/aromatic N) is 2. The predicted octanol–water partition coefficient (Wildman–Crippen LogP) is 3.38. The Morgan fingerprint density at radius 3 is 2.79 bits per heavy atom. The lowest BCUT2D eigenvalue weighted by molar-refractivity contribution is 0.119. The van der Waals surface area contributed by atoms with Crippen LogP contribution in [0, 0.1) is 0 Å². The Morgan fingerprint density at radius 1 is 1.07 bits per heavy atom. The van der Waals surface area contributed by atoms with Crippen molar-refractivity contribution >= 4 is 17.0 Å². The maximum Gasteiger partial charge on any atom is 0.410 e. The van der Waals surface area contributed by atoms with Gasteiger partial charge in [-0.15, -0.1) is 0 Å². The number of aromatic amines is 1. The maximum absolute atomic E-state index is 12.4. The summed E-state index contributed by atoms with van der Waals surface area (Å²) in [6, 6.07) is 16.2. The molecule has 6 nitrogen and oxygen atoms in total. The molecule has 2 aliphatic rings. The molecule has 2 saturated heterocycles. The standard InChI is InChI=1S/C22H23N3O3/c1-27-20-9-5-2-6-15(20)12-25-19-13-24(14-21(19)28-22(25)26)11-16-10-23-18-8-4-3-7-17(16)18/h2-10,19,21,23H,11-14H2,1H3/t19-,21+/m0/s1. The van der Waals surface area contributed by atoms with Crippen LogP contribution in [0.2, 0.25) is 0 Å². The molecule has 5 rings (SSSR count). The zero-order valence-corrected chi connectivity index (χ0v) is 15.8. The van der Waals surface area contributed by atoms with Gasteiger partial charge in [0.2, 0.25) is 0 Å². The smallest absolute Gasteiger partial charge is 0.410 e. The van der Waals surface area contributed by atoms with Gasteiger partial charge in [-0.2, -0.15) is 0 Å². The number of aromatic nitrogens is 1. The summed E-state index contributed by atoms with van der Waals surface area (Å²) in [5.74, 6) is 0.799. The third-order valence-electron chi connectivity index (χ3n) is 5.80. The van der Waals surface area contributed by atoms with Gasteiger partial charge in [-0.3, -0.25) is 9.80 Å². The summed E-state index contributed by atoms with van der Waals surface area (Å²) in [6.07, 6.45) is 1.78. The van der Waals surface area contributed by atoms with Crippen LogP contribution in [0.5, 0.6) is 5.75 Å². The number of para-hydroxylation sites is 2. The summed E-state index contributed by atoms with van der Waals surface area (Å²) in [5.41, 5.74) is 3.43. The first-order valence-electron chi connectivity index (χ1n) is 9.59. The summed E-state index contributed by atoms with van der Waals surface area (Å²) >= 11 is 0. The summed E-state index contributed by atoms with van der Waals surface area (Å²) < 4.78 is 11.1. The van der Waals surface area contributed by atoms with Gasteiger partial charge in [0.1, 0.15) is 11.9 Å². The van der Waals surface area contributed by atoms with Gasteiger partial charge in [0, 0.05) is 42.3 Å². The Kier molecular flexibility index (Phi) is 4.20. The van der Waals surface area contributed by atoms with E-state index in [1.54, 1.807) is 7.11 Å². The Balaban J connectivity index is 1.32. The van der Waals surface area contributed by atoms with E-state index in [4.69, 9.17) is 9.47 Å². The van der Waals surface area contributed by atoms with Crippen LogP contribution in [-0.4, -0.2) is 53.2 Å². The number of carbonyl (C=O) groups excluding carboxylic acids is 1. The molecule has 0 bridgehead atoms. The quantitative estimate of drug-likeness (QED) is 0.741. The highest BCUT2D eigenvalue weighted by atomic mass is 16.6. The molecule has 1 N–H and O–H groups in total. The fourth-order valence-electron chi connectivity index (χ4n) is 4.41. The van der Waals surface area contributed by atoms with Gasteiger partial charge in [0.25, 0.3) is 0 Å². The Morgan fingerprint density at radius 2 is 1.89 bits per heavy atom. The van der Waals surface area contributed by atoms with Gasteiger partial charge in [-0.05, 0) is 17.7 Å². The van der Waals surface area contributed by atoms with E-state index in [0.717, 1.165) is 36.5 Å². The van der Waals surface area contributed by atoms with Crippen molar-refractivity contribution in [3.05, 3.63) is 65.9 Å². The Bertz CT molecular complexity index is 1010. The van der Waals surface area contributed by atoms with Gasteiger partial charge in [0.05, 0.1) is 19.7 Å². The van der Waals surface area contributed by atoms with E-state index in [-0.39, 0.29) is 18.2 Å². The van der Waals surface area contributed by atoms with Crippen LogP contribution in [0.25, 0.3) is 10.9 Å². The van der Waals surface area contributed by atoms with E-state index in [2.05, 4.69) is 34.3 Å². The fraction of sp³-hybridized carbons (Fsp3) is 0.318. The molecule has 2 aromatic carbocycles. The lowest BCUT2D eigenvalue weighted by atomic mass is 10.1. The second kappa shape index (κ2) is 6.87. The van der Waals surface area contributed by atoms with Crippen molar-refractivity contribution in [3.63, 3.8) is 0 Å². The number of methoxy groups -OCH3 is 1. The van der Waals surface area contributed by atoms with Crippen molar-refractivity contribution in [2.45, 2.75) is 25.2 Å². The number of ether oxygens (including phenoxy) is 2. The van der Waals surface area contributed by atoms with E-state index < -0.39 is 0 Å². The topological polar surface area (TPSA) is 57.8 Å². The van der Waals surface area contributed by atoms with Crippen LogP contribution in [0.3, 0.4) is 0 Å². The lowest BCUT2D eigenvalue weighted by Gasteiger charge is -2.23. The second-order valence-corrected chi connectivity index (χ2v) is 7.48. The molecule has 1 aromatic heterocycles. The minimum atomic E-state index is -0.229. The molecule has 0 radical (unpaired) electrons. The number of rotatable bonds is 5. The molecule has 2 fully saturated rings. The van der Waals surface area contributed by atoms with Crippen LogP contribution in [0.15, 0.2) is 54.7 Å². The van der Waals surface area contributed by atoms with E-state index in [1.807, 2.05) is 35.2 Å². The highest BCUT2D eigenvalue weighted by molar-refractivity contribution is 5.83. The monoisotopic (exact) mass is 377 g/mol. The number of benzene rings is 2. The zero-order chi connectivity index (χ0) is 19.1. The summed E-state index contributed by atoms with van der Waals surface area (Å²) in [7, 11) is 1.66. The van der Waals surface area contributed by atoms with Gasteiger partial charge >= 0.3 is 6.09 Å². The maximum atomic E-state index is 12.4. The summed E-state index contributed by atoms with van der Waals surface area (Å²) in [6.45, 7) is 2.92. The number of likely N-dealkylation sites (tertiary alicyclic amines) is 1. The molecule has 28 heavy (non-hydrogen) atoms. The van der Waals surface area contributed by atoms with Crippen LogP contribution in [-0.2, 0) is 17.8 Å². The highest BCUT2D eigenvalue weighted by Crippen LogP contribution is 2.31. The van der Waals surface area contributed by atoms with E-state index in [0.29, 0.717) is 6.54 Å². The number of amides is 1. The Labute approximate surface area is 163 Å². The van der Waals surface area contributed by atoms with Gasteiger partial charge < -0.3 is 14.5 Å². The van der Waals surface area contributed by atoms with E-state index in [1.165, 1.54) is 10.9 Å². The van der Waals surface area contributed by atoms with Crippen molar-refractivity contribution in [3.8, 4) is 5.75 Å². The molecule has 2 aliphatic heterocycles. The van der Waals surface area contributed by atoms with Gasteiger partial charge in [0.15, 0.2) is 0 Å². The van der Waals surface area contributed by atoms with Crippen molar-refractivity contribution in [1.82, 2.24) is 14.8 Å². The first kappa shape index (κ1) is 17.1. The predicted molar refractivity (Wildman–Crippen MR) is 106 cm³/mol. The molecular formula is C22H23N3O3. The van der Waals surface area contributed by atoms with Gasteiger partial charge in [-0.1, -0.05) is 36.4 Å². The number of carbonyl (C=O) groups is 1. The molecule has 0 spiro atoms. The molecule has 3 aromatic rings. The molecule has 144 valence electrons. The third kappa shape index (κ3) is 2.90. The molecule has 0 unspecified atom stereocenters. The number of hydrogen-bond acceptors (Lipinski definition) is 4. The zero-order valence-electron chi connectivity index (χ0n) is 15.8. The summed E-state index contributed by atoms with van der Waals surface area (Å²) in [4.78, 5) is 20.0. The molecule has 0 saturated carbocycles. The lowest BCUT2D eigenvalue weighted by Crippen LogP contribution is -2.37. The van der Waals surface area contributed by atoms with Crippen LogP contribution < -0.4 is 4.74 Å². The average molecular weight is 377 g/mol. The van der Waals surface area contributed by atoms with Crippen LogP contribution >= 0.6 is 0 Å². The number of fused-ring (bicyclic) bond motifs is 2. The van der Waals surface area contributed by atoms with Crippen molar-refractivity contribution in [2.75, 3.05) is 20.2 Å². The van der Waals surface area contributed by atoms with Crippen molar-refractivity contribution < 1.29 is 14.3 Å². The molecule has 3 heterocycles. The molecule has 0 aliphatic carbocycles. The van der Waals surface area contributed by atoms with E-state index in [9.17, 15) is 4.79 Å². The third-order valence-corrected chi connectivity index (χ3v) is 5.80. The van der Waals surface area contributed by atoms with E-state index >= 15 is 0 Å². The highest BCUT2D eigenvalue weighted by Gasteiger charge is 2.47. The van der Waals surface area contributed by atoms with Crippen LogP contribution in [0.1, 0.15) is 11.1 Å². The average Bonchev–Trinajstić information content (AvgIpc) is 3.37. The Hall–Kier alpha value is -2.99. The number of hydrogen-bond donors (Lipinski definition) is 1. The molecule has 6 heteroatoms. The van der Waals surface area contributed by atoms with Crippen molar-refractivity contribution in [2.24, 2.45) is 0 Å². The first-order chi connectivity index (χ1) is 13.7. The van der Waals surface area contributed by atoms with Crippen molar-refractivity contribution in [1.29, 1.82) is 0 Å². The first-order valence-corrected chi connectivity index (χ1v) is 9.59. The largest absolute Gasteiger partial charge is 0.496 e. The van der Waals surface area contributed by atoms with Gasteiger partial charge in [-0.25, -0.2) is 4.79 Å². The van der Waals surface area contributed by atoms with Crippen LogP contribution in [0.4, 0.5) is 4.79 Å². The number of H-pyrrole nitrogens is 1. The number of nitrogens with one attached hydrogen (secondary N) is 1. The minimum absolute atomic E-state index is 0.0719. The summed E-state index contributed by atoms with van der Waals surface area (Å²) in [5, 5.41) is 1.25. The molecular weight excluding hydrogens is 354 g/mol. The molecule has 2 atom stereocenters. The normalized spacial score (nSPS) is 21.9. The SMILES string of the molecule is COc1ccccc1CN1C(=O)O[C@@H]2CN(Cc3c[nH]c4ccccc34)C[C@@H]21.